The molecule has 1 aliphatic rings. The molecule has 0 aliphatic heterocycles. The Morgan fingerprint density at radius 3 is 2.84 bits per heavy atom. The fraction of sp³-hybridized carbons (Fsp3) is 0.667. The quantitative estimate of drug-likeness (QED) is 0.796. The summed E-state index contributed by atoms with van der Waals surface area (Å²) in [5.74, 6) is 0.736. The zero-order valence-electron chi connectivity index (χ0n) is 11.7. The van der Waals surface area contributed by atoms with Gasteiger partial charge in [0.05, 0.1) is 6.10 Å². The molecule has 0 radical (unpaired) electrons. The third kappa shape index (κ3) is 4.55. The summed E-state index contributed by atoms with van der Waals surface area (Å²) in [6, 6.07) is 2.53. The van der Waals surface area contributed by atoms with Crippen molar-refractivity contribution in [3.63, 3.8) is 0 Å². The molecule has 2 rings (SSSR count). The van der Waals surface area contributed by atoms with Crippen molar-refractivity contribution in [3.8, 4) is 0 Å². The van der Waals surface area contributed by atoms with Gasteiger partial charge in [0.25, 0.3) is 0 Å². The highest BCUT2D eigenvalue weighted by Gasteiger charge is 2.36. The molecule has 1 aromatic heterocycles. The highest BCUT2D eigenvalue weighted by molar-refractivity contribution is 9.10. The third-order valence-corrected chi connectivity index (χ3v) is 4.06. The number of aromatic nitrogens is 1. The summed E-state index contributed by atoms with van der Waals surface area (Å²) in [6.45, 7) is 3.24. The van der Waals surface area contributed by atoms with Crippen molar-refractivity contribution >= 4 is 15.9 Å². The van der Waals surface area contributed by atoms with Gasteiger partial charge in [-0.15, -0.1) is 0 Å². The topological polar surface area (TPSA) is 34.2 Å². The Balaban J connectivity index is 2.03. The number of pyridine rings is 1. The molecule has 1 heterocycles. The van der Waals surface area contributed by atoms with Crippen molar-refractivity contribution in [1.29, 1.82) is 0 Å². The van der Waals surface area contributed by atoms with Crippen LogP contribution >= 0.6 is 15.9 Å². The summed E-state index contributed by atoms with van der Waals surface area (Å²) in [6.07, 6.45) is 8.83. The van der Waals surface area contributed by atoms with Crippen LogP contribution < -0.4 is 5.32 Å². The summed E-state index contributed by atoms with van der Waals surface area (Å²) < 4.78 is 6.78. The van der Waals surface area contributed by atoms with Gasteiger partial charge in [0.2, 0.25) is 0 Å². The molecular formula is C15H23BrN2O. The zero-order valence-corrected chi connectivity index (χ0v) is 13.3. The molecule has 19 heavy (non-hydrogen) atoms. The molecule has 4 heteroatoms. The SMILES string of the molecule is CCCNC(Cc1cncc(Br)c1)C(OC)C1CC1. The van der Waals surface area contributed by atoms with Gasteiger partial charge in [-0.3, -0.25) is 4.98 Å². The first kappa shape index (κ1) is 14.9. The van der Waals surface area contributed by atoms with Gasteiger partial charge in [-0.1, -0.05) is 6.92 Å². The summed E-state index contributed by atoms with van der Waals surface area (Å²) in [7, 11) is 1.84. The average Bonchev–Trinajstić information content (AvgIpc) is 3.21. The number of hydrogen-bond acceptors (Lipinski definition) is 3. The fourth-order valence-corrected chi connectivity index (χ4v) is 2.98. The van der Waals surface area contributed by atoms with Crippen molar-refractivity contribution in [2.45, 2.75) is 44.8 Å². The summed E-state index contributed by atoms with van der Waals surface area (Å²) >= 11 is 3.49. The van der Waals surface area contributed by atoms with Gasteiger partial charge in [-0.05, 0) is 65.7 Å². The van der Waals surface area contributed by atoms with Gasteiger partial charge >= 0.3 is 0 Å². The predicted molar refractivity (Wildman–Crippen MR) is 81.2 cm³/mol. The van der Waals surface area contributed by atoms with E-state index in [1.807, 2.05) is 19.5 Å². The Morgan fingerprint density at radius 2 is 2.26 bits per heavy atom. The summed E-state index contributed by atoms with van der Waals surface area (Å²) in [5, 5.41) is 3.64. The average molecular weight is 327 g/mol. The van der Waals surface area contributed by atoms with Crippen LogP contribution in [0.5, 0.6) is 0 Å². The maximum atomic E-state index is 5.74. The van der Waals surface area contributed by atoms with Gasteiger partial charge in [0, 0.05) is 30.0 Å². The smallest absolute Gasteiger partial charge is 0.0755 e. The van der Waals surface area contributed by atoms with Crippen LogP contribution in [0.2, 0.25) is 0 Å². The minimum atomic E-state index is 0.325. The van der Waals surface area contributed by atoms with E-state index in [1.165, 1.54) is 18.4 Å². The van der Waals surface area contributed by atoms with E-state index in [2.05, 4.69) is 39.2 Å². The molecule has 1 saturated carbocycles. The van der Waals surface area contributed by atoms with E-state index < -0.39 is 0 Å². The van der Waals surface area contributed by atoms with E-state index in [0.29, 0.717) is 12.1 Å². The van der Waals surface area contributed by atoms with E-state index in [9.17, 15) is 0 Å². The van der Waals surface area contributed by atoms with Crippen molar-refractivity contribution < 1.29 is 4.74 Å². The molecular weight excluding hydrogens is 304 g/mol. The second-order valence-electron chi connectivity index (χ2n) is 5.31. The molecule has 0 spiro atoms. The number of halogens is 1. The molecule has 1 fully saturated rings. The lowest BCUT2D eigenvalue weighted by Gasteiger charge is -2.27. The number of rotatable bonds is 8. The Bertz CT molecular complexity index is 395. The van der Waals surface area contributed by atoms with E-state index in [1.54, 1.807) is 0 Å². The Labute approximate surface area is 124 Å². The first-order valence-electron chi connectivity index (χ1n) is 7.10. The maximum Gasteiger partial charge on any atom is 0.0755 e. The van der Waals surface area contributed by atoms with Gasteiger partial charge in [0.1, 0.15) is 0 Å². The number of nitrogens with zero attached hydrogens (tertiary/aromatic N) is 1. The summed E-state index contributed by atoms with van der Waals surface area (Å²) in [5.41, 5.74) is 1.26. The number of hydrogen-bond donors (Lipinski definition) is 1. The van der Waals surface area contributed by atoms with Crippen LogP contribution in [0.25, 0.3) is 0 Å². The highest BCUT2D eigenvalue weighted by Crippen LogP contribution is 2.36. The van der Waals surface area contributed by atoms with Crippen molar-refractivity contribution in [2.24, 2.45) is 5.92 Å². The van der Waals surface area contributed by atoms with Crippen LogP contribution in [0.15, 0.2) is 22.9 Å². The van der Waals surface area contributed by atoms with Gasteiger partial charge < -0.3 is 10.1 Å². The lowest BCUT2D eigenvalue weighted by Crippen LogP contribution is -2.44. The van der Waals surface area contributed by atoms with E-state index in [-0.39, 0.29) is 0 Å². The molecule has 3 nitrogen and oxygen atoms in total. The number of nitrogens with one attached hydrogen (secondary N) is 1. The lowest BCUT2D eigenvalue weighted by molar-refractivity contribution is 0.0511. The molecule has 0 aromatic carbocycles. The van der Waals surface area contributed by atoms with Crippen molar-refractivity contribution in [3.05, 3.63) is 28.5 Å². The molecule has 106 valence electrons. The molecule has 2 atom stereocenters. The lowest BCUT2D eigenvalue weighted by atomic mass is 9.99. The first-order chi connectivity index (χ1) is 9.24. The predicted octanol–water partition coefficient (Wildman–Crippen LogP) is 3.18. The van der Waals surface area contributed by atoms with Crippen molar-refractivity contribution in [1.82, 2.24) is 10.3 Å². The van der Waals surface area contributed by atoms with Crippen LogP contribution in [-0.4, -0.2) is 30.8 Å². The zero-order chi connectivity index (χ0) is 13.7. The molecule has 1 aliphatic carbocycles. The van der Waals surface area contributed by atoms with Gasteiger partial charge in [0.15, 0.2) is 0 Å². The number of ether oxygens (including phenoxy) is 1. The summed E-state index contributed by atoms with van der Waals surface area (Å²) in [4.78, 5) is 4.25. The molecule has 0 bridgehead atoms. The molecule has 0 saturated heterocycles. The highest BCUT2D eigenvalue weighted by atomic mass is 79.9. The van der Waals surface area contributed by atoms with E-state index >= 15 is 0 Å². The monoisotopic (exact) mass is 326 g/mol. The Morgan fingerprint density at radius 1 is 1.47 bits per heavy atom. The van der Waals surface area contributed by atoms with Crippen LogP contribution in [0.1, 0.15) is 31.7 Å². The van der Waals surface area contributed by atoms with Crippen molar-refractivity contribution in [2.75, 3.05) is 13.7 Å². The minimum absolute atomic E-state index is 0.325. The second-order valence-corrected chi connectivity index (χ2v) is 6.23. The fourth-order valence-electron chi connectivity index (χ4n) is 2.57. The molecule has 1 N–H and O–H groups in total. The normalized spacial score (nSPS) is 18.3. The van der Waals surface area contributed by atoms with Gasteiger partial charge in [-0.25, -0.2) is 0 Å². The molecule has 2 unspecified atom stereocenters. The second kappa shape index (κ2) is 7.36. The number of methoxy groups -OCH3 is 1. The first-order valence-corrected chi connectivity index (χ1v) is 7.89. The minimum Gasteiger partial charge on any atom is -0.380 e. The van der Waals surface area contributed by atoms with Crippen LogP contribution in [0.3, 0.4) is 0 Å². The molecule has 1 aromatic rings. The van der Waals surface area contributed by atoms with Gasteiger partial charge in [-0.2, -0.15) is 0 Å². The molecule has 0 amide bonds. The van der Waals surface area contributed by atoms with E-state index in [0.717, 1.165) is 29.8 Å². The Hall–Kier alpha value is -0.450. The maximum absolute atomic E-state index is 5.74. The largest absolute Gasteiger partial charge is 0.380 e. The van der Waals surface area contributed by atoms with Crippen LogP contribution in [0, 0.1) is 5.92 Å². The van der Waals surface area contributed by atoms with E-state index in [4.69, 9.17) is 4.74 Å². The van der Waals surface area contributed by atoms with Crippen LogP contribution in [0.4, 0.5) is 0 Å². The van der Waals surface area contributed by atoms with Crippen LogP contribution in [-0.2, 0) is 11.2 Å². The standard InChI is InChI=1S/C15H23BrN2O/c1-3-6-18-14(15(19-2)12-4-5-12)8-11-7-13(16)10-17-9-11/h7,9-10,12,14-15,18H,3-6,8H2,1-2H3. The third-order valence-electron chi connectivity index (χ3n) is 3.63. The Kier molecular flexibility index (Phi) is 5.79.